The molecule has 0 unspecified atom stereocenters. The van der Waals surface area contributed by atoms with Gasteiger partial charge in [0.1, 0.15) is 0 Å². The van der Waals surface area contributed by atoms with Crippen LogP contribution in [0.4, 0.5) is 5.69 Å². The van der Waals surface area contributed by atoms with Crippen LogP contribution < -0.4 is 4.90 Å². The van der Waals surface area contributed by atoms with Gasteiger partial charge in [0.25, 0.3) is 0 Å². The van der Waals surface area contributed by atoms with Crippen molar-refractivity contribution in [3.63, 3.8) is 0 Å². The quantitative estimate of drug-likeness (QED) is 0.781. The number of halogens is 1. The summed E-state index contributed by atoms with van der Waals surface area (Å²) in [7, 11) is 1.77. The molecule has 0 N–H and O–H groups in total. The third-order valence-corrected chi connectivity index (χ3v) is 4.49. The predicted molar refractivity (Wildman–Crippen MR) is 102 cm³/mol. The summed E-state index contributed by atoms with van der Waals surface area (Å²) in [6.07, 6.45) is 0.258. The third-order valence-electron chi connectivity index (χ3n) is 4.08. The Kier molecular flexibility index (Phi) is 6.59. The summed E-state index contributed by atoms with van der Waals surface area (Å²) in [6, 6.07) is 15.3. The topological polar surface area (TPSA) is 40.6 Å². The molecule has 0 fully saturated rings. The highest BCUT2D eigenvalue weighted by atomic mass is 35.5. The molecule has 0 heterocycles. The second kappa shape index (κ2) is 8.67. The zero-order chi connectivity index (χ0) is 18.4. The van der Waals surface area contributed by atoms with E-state index in [1.54, 1.807) is 22.9 Å². The molecule has 0 aliphatic carbocycles. The number of nitrogens with zero attached hydrogens (tertiary/aromatic N) is 2. The van der Waals surface area contributed by atoms with Crippen LogP contribution in [0.2, 0.25) is 5.02 Å². The number of benzene rings is 2. The van der Waals surface area contributed by atoms with Crippen LogP contribution >= 0.6 is 11.6 Å². The number of rotatable bonds is 6. The van der Waals surface area contributed by atoms with Crippen molar-refractivity contribution in [2.24, 2.45) is 0 Å². The van der Waals surface area contributed by atoms with Crippen LogP contribution in [0.3, 0.4) is 0 Å². The molecule has 0 radical (unpaired) electrons. The molecule has 2 rings (SSSR count). The average molecular weight is 359 g/mol. The van der Waals surface area contributed by atoms with Crippen molar-refractivity contribution in [2.75, 3.05) is 18.5 Å². The fraction of sp³-hybridized carbons (Fsp3) is 0.300. The number of aryl methyl sites for hydroxylation is 1. The minimum Gasteiger partial charge on any atom is -0.341 e. The number of amides is 2. The van der Waals surface area contributed by atoms with Gasteiger partial charge in [-0.15, -0.1) is 0 Å². The second-order valence-electron chi connectivity index (χ2n) is 6.09. The van der Waals surface area contributed by atoms with Crippen LogP contribution in [0.15, 0.2) is 48.5 Å². The molecule has 0 aromatic heterocycles. The summed E-state index contributed by atoms with van der Waals surface area (Å²) >= 11 is 6.15. The summed E-state index contributed by atoms with van der Waals surface area (Å²) in [6.45, 7) is 4.28. The standard InChI is InChI=1S/C20H23ClN2O2/c1-15-9-10-18(13-19(15)21)23(16(2)24)12-11-20(25)22(3)14-17-7-5-4-6-8-17/h4-10,13H,11-12,14H2,1-3H3. The predicted octanol–water partition coefficient (Wildman–Crippen LogP) is 4.05. The van der Waals surface area contributed by atoms with E-state index >= 15 is 0 Å². The molecule has 4 nitrogen and oxygen atoms in total. The minimum absolute atomic E-state index is 0.00619. The molecule has 5 heteroatoms. The van der Waals surface area contributed by atoms with Gasteiger partial charge in [-0.2, -0.15) is 0 Å². The Balaban J connectivity index is 1.99. The normalized spacial score (nSPS) is 10.4. The van der Waals surface area contributed by atoms with Gasteiger partial charge in [-0.25, -0.2) is 0 Å². The second-order valence-corrected chi connectivity index (χ2v) is 6.50. The lowest BCUT2D eigenvalue weighted by Crippen LogP contribution is -2.34. The Bertz CT molecular complexity index is 747. The van der Waals surface area contributed by atoms with Gasteiger partial charge in [-0.05, 0) is 30.2 Å². The van der Waals surface area contributed by atoms with E-state index < -0.39 is 0 Å². The lowest BCUT2D eigenvalue weighted by Gasteiger charge is -2.23. The van der Waals surface area contributed by atoms with Crippen LogP contribution in [-0.4, -0.2) is 30.3 Å². The van der Waals surface area contributed by atoms with Gasteiger partial charge in [-0.3, -0.25) is 9.59 Å². The zero-order valence-corrected chi connectivity index (χ0v) is 15.6. The van der Waals surface area contributed by atoms with Crippen LogP contribution in [0, 0.1) is 6.92 Å². The van der Waals surface area contributed by atoms with Gasteiger partial charge in [0.15, 0.2) is 0 Å². The number of carbonyl (C=O) groups excluding carboxylic acids is 2. The van der Waals surface area contributed by atoms with Crippen molar-refractivity contribution in [1.29, 1.82) is 0 Å². The first-order valence-corrected chi connectivity index (χ1v) is 8.58. The van der Waals surface area contributed by atoms with Gasteiger partial charge in [0.2, 0.25) is 11.8 Å². The van der Waals surface area contributed by atoms with Crippen molar-refractivity contribution in [3.8, 4) is 0 Å². The maximum Gasteiger partial charge on any atom is 0.224 e. The summed E-state index contributed by atoms with van der Waals surface area (Å²) in [5, 5.41) is 0.608. The SMILES string of the molecule is CC(=O)N(CCC(=O)N(C)Cc1ccccc1)c1ccc(C)c(Cl)c1. The fourth-order valence-electron chi connectivity index (χ4n) is 2.56. The molecule has 2 aromatic rings. The smallest absolute Gasteiger partial charge is 0.224 e. The molecule has 132 valence electrons. The molecule has 25 heavy (non-hydrogen) atoms. The Labute approximate surface area is 154 Å². The number of hydrogen-bond donors (Lipinski definition) is 0. The third kappa shape index (κ3) is 5.33. The van der Waals surface area contributed by atoms with E-state index in [0.29, 0.717) is 23.8 Å². The van der Waals surface area contributed by atoms with E-state index in [9.17, 15) is 9.59 Å². The molecule has 0 saturated carbocycles. The van der Waals surface area contributed by atoms with E-state index in [-0.39, 0.29) is 18.2 Å². The Morgan fingerprint density at radius 1 is 1.08 bits per heavy atom. The zero-order valence-electron chi connectivity index (χ0n) is 14.8. The highest BCUT2D eigenvalue weighted by Crippen LogP contribution is 2.23. The Hall–Kier alpha value is -2.33. The van der Waals surface area contributed by atoms with E-state index in [2.05, 4.69) is 0 Å². The molecular formula is C20H23ClN2O2. The average Bonchev–Trinajstić information content (AvgIpc) is 2.58. The van der Waals surface area contributed by atoms with E-state index in [1.807, 2.05) is 49.4 Å². The molecule has 0 spiro atoms. The first kappa shape index (κ1) is 19.0. The monoisotopic (exact) mass is 358 g/mol. The van der Waals surface area contributed by atoms with Gasteiger partial charge in [-0.1, -0.05) is 48.0 Å². The van der Waals surface area contributed by atoms with Crippen molar-refractivity contribution < 1.29 is 9.59 Å². The molecule has 2 aromatic carbocycles. The maximum absolute atomic E-state index is 12.4. The Morgan fingerprint density at radius 3 is 2.36 bits per heavy atom. The van der Waals surface area contributed by atoms with Crippen molar-refractivity contribution in [2.45, 2.75) is 26.8 Å². The van der Waals surface area contributed by atoms with Crippen molar-refractivity contribution in [1.82, 2.24) is 4.90 Å². The molecular weight excluding hydrogens is 336 g/mol. The van der Waals surface area contributed by atoms with Crippen LogP contribution in [-0.2, 0) is 16.1 Å². The summed E-state index contributed by atoms with van der Waals surface area (Å²) < 4.78 is 0. The van der Waals surface area contributed by atoms with Gasteiger partial charge >= 0.3 is 0 Å². The van der Waals surface area contributed by atoms with Crippen molar-refractivity contribution >= 4 is 29.1 Å². The molecule has 0 aliphatic rings. The van der Waals surface area contributed by atoms with E-state index in [1.165, 1.54) is 6.92 Å². The highest BCUT2D eigenvalue weighted by molar-refractivity contribution is 6.31. The number of anilines is 1. The molecule has 2 amide bonds. The Morgan fingerprint density at radius 2 is 1.76 bits per heavy atom. The maximum atomic E-state index is 12.4. The van der Waals surface area contributed by atoms with Crippen LogP contribution in [0.5, 0.6) is 0 Å². The molecule has 0 atom stereocenters. The lowest BCUT2D eigenvalue weighted by molar-refractivity contribution is -0.130. The fourth-order valence-corrected chi connectivity index (χ4v) is 2.74. The largest absolute Gasteiger partial charge is 0.341 e. The van der Waals surface area contributed by atoms with E-state index in [0.717, 1.165) is 11.1 Å². The van der Waals surface area contributed by atoms with E-state index in [4.69, 9.17) is 11.6 Å². The van der Waals surface area contributed by atoms with Crippen molar-refractivity contribution in [3.05, 3.63) is 64.7 Å². The minimum atomic E-state index is -0.113. The summed E-state index contributed by atoms with van der Waals surface area (Å²) in [5.41, 5.74) is 2.74. The van der Waals surface area contributed by atoms with Gasteiger partial charge in [0.05, 0.1) is 0 Å². The van der Waals surface area contributed by atoms with Crippen LogP contribution in [0.1, 0.15) is 24.5 Å². The first-order chi connectivity index (χ1) is 11.9. The first-order valence-electron chi connectivity index (χ1n) is 8.20. The number of hydrogen-bond acceptors (Lipinski definition) is 2. The van der Waals surface area contributed by atoms with Gasteiger partial charge < -0.3 is 9.80 Å². The summed E-state index contributed by atoms with van der Waals surface area (Å²) in [4.78, 5) is 27.6. The summed E-state index contributed by atoms with van der Waals surface area (Å²) in [5.74, 6) is -0.119. The number of carbonyl (C=O) groups is 2. The molecule has 0 aliphatic heterocycles. The lowest BCUT2D eigenvalue weighted by atomic mass is 10.2. The molecule has 0 bridgehead atoms. The molecule has 0 saturated heterocycles. The van der Waals surface area contributed by atoms with Crippen LogP contribution in [0.25, 0.3) is 0 Å². The highest BCUT2D eigenvalue weighted by Gasteiger charge is 2.16. The van der Waals surface area contributed by atoms with Gasteiger partial charge in [0, 0.05) is 44.2 Å².